The van der Waals surface area contributed by atoms with Gasteiger partial charge in [0.05, 0.1) is 0 Å². The van der Waals surface area contributed by atoms with E-state index in [1.807, 2.05) is 6.79 Å². The summed E-state index contributed by atoms with van der Waals surface area (Å²) in [5, 5.41) is 0. The molecule has 0 saturated carbocycles. The van der Waals surface area contributed by atoms with Crippen LogP contribution in [0.3, 0.4) is 0 Å². The average Bonchev–Trinajstić information content (AvgIpc) is 3.98. The largest absolute Gasteiger partial charge is 0.356 e. The Balaban J connectivity index is 0.000000132. The molecule has 0 unspecified atom stereocenters. The molecule has 8 aromatic carbocycles. The van der Waals surface area contributed by atoms with Crippen molar-refractivity contribution in [2.75, 3.05) is 0 Å². The lowest BCUT2D eigenvalue weighted by Crippen LogP contribution is -2.09. The molecule has 0 spiro atoms. The number of hydrogen-bond acceptors (Lipinski definition) is 3. The molecular weight excluding hydrogens is 685 g/mol. The minimum atomic E-state index is -0.0402. The molecule has 12 rings (SSSR count). The summed E-state index contributed by atoms with van der Waals surface area (Å²) in [6.45, 7) is 2.00. The maximum absolute atomic E-state index is 8.00. The van der Waals surface area contributed by atoms with Crippen molar-refractivity contribution in [1.29, 1.82) is 0 Å². The molecule has 4 aliphatic rings. The van der Waals surface area contributed by atoms with Gasteiger partial charge in [-0.3, -0.25) is 0 Å². The van der Waals surface area contributed by atoms with E-state index in [1.165, 1.54) is 89.0 Å². The highest BCUT2D eigenvalue weighted by Gasteiger charge is 2.37. The van der Waals surface area contributed by atoms with Crippen LogP contribution in [0.5, 0.6) is 0 Å². The van der Waals surface area contributed by atoms with Gasteiger partial charge in [-0.1, -0.05) is 194 Å². The van der Waals surface area contributed by atoms with Crippen LogP contribution >= 0.6 is 0 Å². The first-order chi connectivity index (χ1) is 27.8. The van der Waals surface area contributed by atoms with E-state index >= 15 is 0 Å². The molecule has 0 atom stereocenters. The fourth-order valence-corrected chi connectivity index (χ4v) is 9.30. The molecule has 0 bridgehead atoms. The molecule has 0 N–H and O–H groups in total. The minimum absolute atomic E-state index is 0.0402. The predicted octanol–water partition coefficient (Wildman–Crippen LogP) is 12.9. The molecule has 3 nitrogen and oxygen atoms in total. The second-order valence-corrected chi connectivity index (χ2v) is 14.5. The number of carbonyl (C=O) groups excluding carboxylic acids is 1. The van der Waals surface area contributed by atoms with E-state index in [1.54, 1.807) is 0 Å². The fourth-order valence-electron chi connectivity index (χ4n) is 9.30. The van der Waals surface area contributed by atoms with Crippen molar-refractivity contribution in [3.05, 3.63) is 239 Å². The Morgan fingerprint density at radius 2 is 0.357 bits per heavy atom. The van der Waals surface area contributed by atoms with Crippen LogP contribution < -0.4 is 0 Å². The predicted molar refractivity (Wildman–Crippen MR) is 224 cm³/mol. The molecular formula is C53H38O3. The molecule has 8 aromatic rings. The molecule has 0 saturated heterocycles. The molecule has 0 aliphatic heterocycles. The average molecular weight is 723 g/mol. The van der Waals surface area contributed by atoms with Crippen molar-refractivity contribution in [1.82, 2.24) is 0 Å². The van der Waals surface area contributed by atoms with Crippen LogP contribution in [-0.2, 0) is 14.3 Å². The Kier molecular flexibility index (Phi) is 8.60. The van der Waals surface area contributed by atoms with Gasteiger partial charge in [0, 0.05) is 0 Å². The van der Waals surface area contributed by atoms with E-state index < -0.39 is 0 Å². The van der Waals surface area contributed by atoms with E-state index in [9.17, 15) is 0 Å². The van der Waals surface area contributed by atoms with Gasteiger partial charge in [0.15, 0.2) is 0 Å². The van der Waals surface area contributed by atoms with Crippen molar-refractivity contribution >= 4 is 6.79 Å². The highest BCUT2D eigenvalue weighted by atomic mass is 16.5. The van der Waals surface area contributed by atoms with Gasteiger partial charge in [-0.25, -0.2) is 0 Å². The lowest BCUT2D eigenvalue weighted by Gasteiger charge is -2.22. The van der Waals surface area contributed by atoms with Gasteiger partial charge in [-0.05, 0) is 89.0 Å². The highest BCUT2D eigenvalue weighted by molar-refractivity contribution is 5.82. The summed E-state index contributed by atoms with van der Waals surface area (Å²) in [6.07, 6.45) is -0.161. The number of benzene rings is 8. The smallest absolute Gasteiger partial charge is 0.110 e. The van der Waals surface area contributed by atoms with E-state index in [4.69, 9.17) is 14.3 Å². The van der Waals surface area contributed by atoms with Gasteiger partial charge in [0.2, 0.25) is 0 Å². The van der Waals surface area contributed by atoms with Gasteiger partial charge < -0.3 is 14.3 Å². The zero-order valence-electron chi connectivity index (χ0n) is 30.7. The standard InChI is InChI=1S/2C26H18O.CH2O/c2*1-5-13-21-17(9-1)18-10-2-6-14-22(18)25(21)27-26-23-15-7-3-11-19(23)20-12-4-8-16-24(20)26;1-2/h2*1-16,25-26H;1H2. The molecule has 0 aromatic heterocycles. The molecule has 0 radical (unpaired) electrons. The Labute approximate surface area is 327 Å². The van der Waals surface area contributed by atoms with E-state index in [-0.39, 0.29) is 24.4 Å². The van der Waals surface area contributed by atoms with Crippen molar-refractivity contribution in [2.24, 2.45) is 0 Å². The molecule has 0 fully saturated rings. The van der Waals surface area contributed by atoms with Crippen LogP contribution in [0.15, 0.2) is 194 Å². The van der Waals surface area contributed by atoms with Crippen LogP contribution in [0.25, 0.3) is 44.5 Å². The Bertz CT molecular complexity index is 2190. The molecule has 268 valence electrons. The molecule has 4 aliphatic carbocycles. The normalized spacial score (nSPS) is 14.1. The van der Waals surface area contributed by atoms with Crippen LogP contribution in [0.2, 0.25) is 0 Å². The Hall–Kier alpha value is -6.65. The third kappa shape index (κ3) is 5.39. The lowest BCUT2D eigenvalue weighted by molar-refractivity contribution is -0.0980. The summed E-state index contributed by atoms with van der Waals surface area (Å²) >= 11 is 0. The number of carbonyl (C=O) groups is 1. The number of hydrogen-bond donors (Lipinski definition) is 0. The first-order valence-electron chi connectivity index (χ1n) is 19.2. The van der Waals surface area contributed by atoms with Crippen molar-refractivity contribution in [3.8, 4) is 44.5 Å². The topological polar surface area (TPSA) is 35.5 Å². The Morgan fingerprint density at radius 1 is 0.232 bits per heavy atom. The molecule has 3 heteroatoms. The minimum Gasteiger partial charge on any atom is -0.356 e. The second kappa shape index (κ2) is 14.2. The van der Waals surface area contributed by atoms with Crippen LogP contribution in [-0.4, -0.2) is 6.79 Å². The lowest BCUT2D eigenvalue weighted by atomic mass is 10.1. The molecule has 56 heavy (non-hydrogen) atoms. The van der Waals surface area contributed by atoms with Crippen molar-refractivity contribution in [3.63, 3.8) is 0 Å². The number of rotatable bonds is 4. The Morgan fingerprint density at radius 3 is 0.500 bits per heavy atom. The van der Waals surface area contributed by atoms with Crippen LogP contribution in [0.1, 0.15) is 68.9 Å². The van der Waals surface area contributed by atoms with E-state index in [0.29, 0.717) is 0 Å². The first-order valence-corrected chi connectivity index (χ1v) is 19.2. The van der Waals surface area contributed by atoms with Gasteiger partial charge in [0.25, 0.3) is 0 Å². The van der Waals surface area contributed by atoms with Crippen LogP contribution in [0.4, 0.5) is 0 Å². The number of ether oxygens (including phenoxy) is 2. The van der Waals surface area contributed by atoms with Crippen molar-refractivity contribution < 1.29 is 14.3 Å². The zero-order chi connectivity index (χ0) is 37.6. The number of fused-ring (bicyclic) bond motifs is 12. The highest BCUT2D eigenvalue weighted by Crippen LogP contribution is 2.53. The van der Waals surface area contributed by atoms with Gasteiger partial charge >= 0.3 is 0 Å². The summed E-state index contributed by atoms with van der Waals surface area (Å²) in [4.78, 5) is 8.00. The SMILES string of the molecule is C=O.c1ccc2c(c1)-c1ccccc1C2OC1c2ccccc2-c2ccccc21.c1ccc2c(c1)-c1ccccc1C2OC1c2ccccc2-c2ccccc21. The summed E-state index contributed by atoms with van der Waals surface area (Å²) in [7, 11) is 0. The maximum Gasteiger partial charge on any atom is 0.110 e. The van der Waals surface area contributed by atoms with Gasteiger partial charge in [0.1, 0.15) is 31.2 Å². The quantitative estimate of drug-likeness (QED) is 0.181. The van der Waals surface area contributed by atoms with Gasteiger partial charge in [-0.2, -0.15) is 0 Å². The van der Waals surface area contributed by atoms with Gasteiger partial charge in [-0.15, -0.1) is 0 Å². The summed E-state index contributed by atoms with van der Waals surface area (Å²) in [5.74, 6) is 0. The third-order valence-corrected chi connectivity index (χ3v) is 11.7. The van der Waals surface area contributed by atoms with Crippen molar-refractivity contribution in [2.45, 2.75) is 24.4 Å². The maximum atomic E-state index is 8.00. The zero-order valence-corrected chi connectivity index (χ0v) is 30.7. The van der Waals surface area contributed by atoms with E-state index in [2.05, 4.69) is 194 Å². The van der Waals surface area contributed by atoms with E-state index in [0.717, 1.165) is 0 Å². The second-order valence-electron chi connectivity index (χ2n) is 14.5. The summed E-state index contributed by atoms with van der Waals surface area (Å²) < 4.78 is 13.8. The molecule has 0 amide bonds. The molecule has 0 heterocycles. The van der Waals surface area contributed by atoms with Crippen LogP contribution in [0, 0.1) is 0 Å². The third-order valence-electron chi connectivity index (χ3n) is 11.7. The summed E-state index contributed by atoms with van der Waals surface area (Å²) in [5.41, 5.74) is 20.4. The summed E-state index contributed by atoms with van der Waals surface area (Å²) in [6, 6.07) is 69.0. The fraction of sp³-hybridized carbons (Fsp3) is 0.0755. The first kappa shape index (κ1) is 33.9. The monoisotopic (exact) mass is 722 g/mol.